The number of benzene rings is 1. The quantitative estimate of drug-likeness (QED) is 0.197. The second-order valence-corrected chi connectivity index (χ2v) is 9.34. The summed E-state index contributed by atoms with van der Waals surface area (Å²) in [6, 6.07) is 11.6. The van der Waals surface area contributed by atoms with Crippen LogP contribution in [-0.2, 0) is 0 Å². The van der Waals surface area contributed by atoms with Crippen LogP contribution in [-0.4, -0.2) is 19.0 Å². The summed E-state index contributed by atoms with van der Waals surface area (Å²) in [6.07, 6.45) is 25.9. The Bertz CT molecular complexity index is 439. The molecule has 0 spiro atoms. The highest BCUT2D eigenvalue weighted by atomic mass is 15.1. The summed E-state index contributed by atoms with van der Waals surface area (Å²) in [7, 11) is 4.43. The average molecular weight is 402 g/mol. The molecule has 29 heavy (non-hydrogen) atoms. The van der Waals surface area contributed by atoms with Crippen LogP contribution in [0.1, 0.15) is 134 Å². The minimum Gasteiger partial charge on any atom is -0.302 e. The third kappa shape index (κ3) is 14.8. The molecule has 0 aliphatic rings. The van der Waals surface area contributed by atoms with Gasteiger partial charge in [0.1, 0.15) is 0 Å². The zero-order chi connectivity index (χ0) is 21.0. The van der Waals surface area contributed by atoms with Crippen molar-refractivity contribution < 1.29 is 0 Å². The largest absolute Gasteiger partial charge is 0.302 e. The van der Waals surface area contributed by atoms with Gasteiger partial charge in [-0.1, -0.05) is 146 Å². The van der Waals surface area contributed by atoms with Crippen LogP contribution >= 0.6 is 0 Å². The van der Waals surface area contributed by atoms with Crippen LogP contribution in [0.5, 0.6) is 0 Å². The van der Waals surface area contributed by atoms with E-state index in [9.17, 15) is 0 Å². The first-order valence-corrected chi connectivity index (χ1v) is 13.0. The van der Waals surface area contributed by atoms with E-state index in [4.69, 9.17) is 0 Å². The zero-order valence-corrected chi connectivity index (χ0v) is 20.1. The van der Waals surface area contributed by atoms with E-state index in [-0.39, 0.29) is 0 Å². The van der Waals surface area contributed by atoms with Gasteiger partial charge in [-0.15, -0.1) is 0 Å². The fraction of sp³-hybridized carbons (Fsp3) is 0.786. The maximum absolute atomic E-state index is 2.38. The molecule has 1 rings (SSSR count). The van der Waals surface area contributed by atoms with Gasteiger partial charge in [-0.2, -0.15) is 0 Å². The van der Waals surface area contributed by atoms with Gasteiger partial charge in [-0.05, 0) is 26.1 Å². The third-order valence-corrected chi connectivity index (χ3v) is 6.39. The molecule has 0 aromatic heterocycles. The Hall–Kier alpha value is -0.820. The van der Waals surface area contributed by atoms with Crippen LogP contribution in [0.15, 0.2) is 30.3 Å². The lowest BCUT2D eigenvalue weighted by molar-refractivity contribution is 0.276. The standard InChI is InChI=1S/C28H51N/c1-4-5-6-7-8-9-10-11-12-13-14-15-16-17-18-19-23-26-28(29(2)3)27-24-21-20-22-25-27/h20-22,24-25,28H,4-19,23,26H2,1-3H3. The molecule has 1 aromatic carbocycles. The van der Waals surface area contributed by atoms with Crippen LogP contribution in [0, 0.1) is 0 Å². The highest BCUT2D eigenvalue weighted by Gasteiger charge is 2.12. The first kappa shape index (κ1) is 26.2. The van der Waals surface area contributed by atoms with Crippen LogP contribution in [0.2, 0.25) is 0 Å². The topological polar surface area (TPSA) is 3.24 Å². The fourth-order valence-corrected chi connectivity index (χ4v) is 4.46. The van der Waals surface area contributed by atoms with E-state index in [1.54, 1.807) is 0 Å². The van der Waals surface area contributed by atoms with Gasteiger partial charge < -0.3 is 4.90 Å². The summed E-state index contributed by atoms with van der Waals surface area (Å²) in [5.74, 6) is 0. The van der Waals surface area contributed by atoms with Gasteiger partial charge in [0.2, 0.25) is 0 Å². The van der Waals surface area contributed by atoms with Crippen molar-refractivity contribution in [1.29, 1.82) is 0 Å². The Morgan fingerprint density at radius 2 is 0.931 bits per heavy atom. The molecule has 0 aliphatic heterocycles. The summed E-state index contributed by atoms with van der Waals surface area (Å²) in [4.78, 5) is 2.38. The van der Waals surface area contributed by atoms with Gasteiger partial charge in [-0.3, -0.25) is 0 Å². The summed E-state index contributed by atoms with van der Waals surface area (Å²) in [5.41, 5.74) is 1.47. The number of rotatable bonds is 20. The van der Waals surface area contributed by atoms with Gasteiger partial charge in [0.05, 0.1) is 0 Å². The molecule has 0 fully saturated rings. The Labute approximate surface area is 183 Å². The van der Waals surface area contributed by atoms with E-state index in [1.807, 2.05) is 0 Å². The van der Waals surface area contributed by atoms with Crippen LogP contribution in [0.4, 0.5) is 0 Å². The Morgan fingerprint density at radius 1 is 0.552 bits per heavy atom. The van der Waals surface area contributed by atoms with Crippen molar-refractivity contribution >= 4 is 0 Å². The molecule has 0 bridgehead atoms. The van der Waals surface area contributed by atoms with Crippen molar-refractivity contribution in [2.75, 3.05) is 14.1 Å². The van der Waals surface area contributed by atoms with Gasteiger partial charge >= 0.3 is 0 Å². The van der Waals surface area contributed by atoms with Crippen molar-refractivity contribution in [2.24, 2.45) is 0 Å². The first-order valence-electron chi connectivity index (χ1n) is 13.0. The van der Waals surface area contributed by atoms with Crippen molar-refractivity contribution in [2.45, 2.75) is 129 Å². The molecule has 0 aliphatic carbocycles. The van der Waals surface area contributed by atoms with Crippen molar-refractivity contribution in [3.63, 3.8) is 0 Å². The lowest BCUT2D eigenvalue weighted by Gasteiger charge is -2.24. The molecular formula is C28H51N. The predicted molar refractivity (Wildman–Crippen MR) is 132 cm³/mol. The average Bonchev–Trinajstić information content (AvgIpc) is 2.73. The van der Waals surface area contributed by atoms with Crippen molar-refractivity contribution in [3.05, 3.63) is 35.9 Å². The SMILES string of the molecule is CCCCCCCCCCCCCCCCCCCC(c1ccccc1)N(C)C. The van der Waals surface area contributed by atoms with Crippen LogP contribution in [0.3, 0.4) is 0 Å². The van der Waals surface area contributed by atoms with Crippen molar-refractivity contribution in [1.82, 2.24) is 4.90 Å². The predicted octanol–water partition coefficient (Wildman–Crippen LogP) is 9.33. The summed E-state index contributed by atoms with van der Waals surface area (Å²) < 4.78 is 0. The van der Waals surface area contributed by atoms with Gasteiger partial charge in [-0.25, -0.2) is 0 Å². The second-order valence-electron chi connectivity index (χ2n) is 9.34. The number of unbranched alkanes of at least 4 members (excludes halogenated alkanes) is 16. The molecule has 0 radical (unpaired) electrons. The zero-order valence-electron chi connectivity index (χ0n) is 20.1. The Balaban J connectivity index is 1.85. The van der Waals surface area contributed by atoms with Gasteiger partial charge in [0, 0.05) is 6.04 Å². The van der Waals surface area contributed by atoms with E-state index in [2.05, 4.69) is 56.3 Å². The number of nitrogens with zero attached hydrogens (tertiary/aromatic N) is 1. The van der Waals surface area contributed by atoms with Crippen LogP contribution < -0.4 is 0 Å². The minimum absolute atomic E-state index is 0.576. The smallest absolute Gasteiger partial charge is 0.0342 e. The molecule has 1 atom stereocenters. The summed E-state index contributed by atoms with van der Waals surface area (Å²) in [6.45, 7) is 2.30. The lowest BCUT2D eigenvalue weighted by atomic mass is 9.98. The summed E-state index contributed by atoms with van der Waals surface area (Å²) in [5, 5.41) is 0. The molecule has 0 heterocycles. The highest BCUT2D eigenvalue weighted by Crippen LogP contribution is 2.24. The van der Waals surface area contributed by atoms with E-state index in [0.29, 0.717) is 6.04 Å². The normalized spacial score (nSPS) is 12.6. The Kier molecular flexibility index (Phi) is 17.3. The molecule has 1 heteroatoms. The van der Waals surface area contributed by atoms with Gasteiger partial charge in [0.25, 0.3) is 0 Å². The molecule has 0 amide bonds. The third-order valence-electron chi connectivity index (χ3n) is 6.39. The van der Waals surface area contributed by atoms with E-state index in [1.165, 1.54) is 121 Å². The first-order chi connectivity index (χ1) is 14.3. The Morgan fingerprint density at radius 3 is 1.31 bits per heavy atom. The molecule has 168 valence electrons. The monoisotopic (exact) mass is 401 g/mol. The maximum Gasteiger partial charge on any atom is 0.0342 e. The van der Waals surface area contributed by atoms with Crippen LogP contribution in [0.25, 0.3) is 0 Å². The van der Waals surface area contributed by atoms with Crippen molar-refractivity contribution in [3.8, 4) is 0 Å². The van der Waals surface area contributed by atoms with E-state index >= 15 is 0 Å². The minimum atomic E-state index is 0.576. The maximum atomic E-state index is 2.38. The molecule has 1 nitrogen and oxygen atoms in total. The molecule has 0 saturated carbocycles. The molecular weight excluding hydrogens is 350 g/mol. The molecule has 0 saturated heterocycles. The highest BCUT2D eigenvalue weighted by molar-refractivity contribution is 5.18. The lowest BCUT2D eigenvalue weighted by Crippen LogP contribution is -2.19. The van der Waals surface area contributed by atoms with E-state index in [0.717, 1.165) is 0 Å². The molecule has 1 unspecified atom stereocenters. The second kappa shape index (κ2) is 19.2. The molecule has 0 N–H and O–H groups in total. The molecule has 1 aromatic rings. The van der Waals surface area contributed by atoms with Gasteiger partial charge in [0.15, 0.2) is 0 Å². The van der Waals surface area contributed by atoms with E-state index < -0.39 is 0 Å². The number of hydrogen-bond acceptors (Lipinski definition) is 1. The number of hydrogen-bond donors (Lipinski definition) is 0. The fourth-order valence-electron chi connectivity index (χ4n) is 4.46. The summed E-state index contributed by atoms with van der Waals surface area (Å²) >= 11 is 0.